The molecule has 3 nitrogen and oxygen atoms in total. The number of hydrogen-bond acceptors (Lipinski definition) is 3. The molecule has 4 aliphatic rings. The molecule has 4 aliphatic carbocycles. The third-order valence-electron chi connectivity index (χ3n) is 7.51. The minimum atomic E-state index is -0.265. The summed E-state index contributed by atoms with van der Waals surface area (Å²) in [5.74, 6) is 1.59. The Morgan fingerprint density at radius 1 is 1.36 bits per heavy atom. The highest BCUT2D eigenvalue weighted by molar-refractivity contribution is 6.01. The predicted molar refractivity (Wildman–Crippen MR) is 97.9 cm³/mol. The third kappa shape index (κ3) is 2.18. The molecule has 25 heavy (non-hydrogen) atoms. The van der Waals surface area contributed by atoms with E-state index >= 15 is 0 Å². The number of ketones is 1. The van der Waals surface area contributed by atoms with E-state index in [-0.39, 0.29) is 29.0 Å². The van der Waals surface area contributed by atoms with Gasteiger partial charge in [-0.25, -0.2) is 0 Å². The van der Waals surface area contributed by atoms with Crippen molar-refractivity contribution in [3.63, 3.8) is 0 Å². The molecule has 2 N–H and O–H groups in total. The van der Waals surface area contributed by atoms with Crippen LogP contribution in [0.2, 0.25) is 0 Å². The van der Waals surface area contributed by atoms with Crippen molar-refractivity contribution in [2.24, 2.45) is 28.6 Å². The molecule has 0 spiro atoms. The fourth-order valence-corrected chi connectivity index (χ4v) is 6.38. The largest absolute Gasteiger partial charge is 0.510 e. The van der Waals surface area contributed by atoms with Gasteiger partial charge in [-0.15, -0.1) is 0 Å². The Bertz CT molecular complexity index is 753. The number of aliphatic hydroxyl groups excluding tert-OH is 2. The van der Waals surface area contributed by atoms with E-state index < -0.39 is 0 Å². The summed E-state index contributed by atoms with van der Waals surface area (Å²) in [5.41, 5.74) is 3.61. The number of fused-ring (bicyclic) bond motifs is 5. The normalized spacial score (nSPS) is 44.5. The maximum Gasteiger partial charge on any atom is 0.178 e. The van der Waals surface area contributed by atoms with E-state index in [2.05, 4.69) is 32.9 Å². The fourth-order valence-electron chi connectivity index (χ4n) is 6.38. The Hall–Kier alpha value is -1.61. The number of hydrogen-bond donors (Lipinski definition) is 2. The van der Waals surface area contributed by atoms with Crippen LogP contribution in [0.1, 0.15) is 46.5 Å². The van der Waals surface area contributed by atoms with Gasteiger partial charge in [-0.2, -0.15) is 0 Å². The Kier molecular flexibility index (Phi) is 3.66. The quantitative estimate of drug-likeness (QED) is 0.554. The first-order valence-electron chi connectivity index (χ1n) is 9.49. The summed E-state index contributed by atoms with van der Waals surface area (Å²) in [6.45, 7) is 6.44. The molecule has 0 radical (unpaired) electrons. The molecule has 0 aromatic heterocycles. The van der Waals surface area contributed by atoms with Crippen LogP contribution in [0.25, 0.3) is 0 Å². The molecule has 5 atom stereocenters. The summed E-state index contributed by atoms with van der Waals surface area (Å²) in [6, 6.07) is 0. The van der Waals surface area contributed by atoms with Crippen LogP contribution in [-0.4, -0.2) is 22.6 Å². The van der Waals surface area contributed by atoms with Gasteiger partial charge in [0.25, 0.3) is 0 Å². The number of aliphatic hydroxyl groups is 2. The zero-order valence-corrected chi connectivity index (χ0v) is 15.4. The van der Waals surface area contributed by atoms with Crippen molar-refractivity contribution in [3.8, 4) is 0 Å². The Morgan fingerprint density at radius 3 is 2.84 bits per heavy atom. The molecule has 0 aromatic carbocycles. The number of carbonyl (C=O) groups is 1. The van der Waals surface area contributed by atoms with E-state index in [9.17, 15) is 15.0 Å². The van der Waals surface area contributed by atoms with Crippen molar-refractivity contribution in [3.05, 3.63) is 46.8 Å². The summed E-state index contributed by atoms with van der Waals surface area (Å²) < 4.78 is 0. The predicted octanol–water partition coefficient (Wildman–Crippen LogP) is 4.26. The third-order valence-corrected chi connectivity index (χ3v) is 7.51. The van der Waals surface area contributed by atoms with Gasteiger partial charge < -0.3 is 10.2 Å². The van der Waals surface area contributed by atoms with Crippen molar-refractivity contribution in [1.29, 1.82) is 0 Å². The monoisotopic (exact) mass is 340 g/mol. The topological polar surface area (TPSA) is 57.5 Å². The average Bonchev–Trinajstić information content (AvgIpc) is 2.85. The lowest BCUT2D eigenvalue weighted by Gasteiger charge is -2.51. The smallest absolute Gasteiger partial charge is 0.178 e. The van der Waals surface area contributed by atoms with Crippen LogP contribution in [0, 0.1) is 28.6 Å². The van der Waals surface area contributed by atoms with Gasteiger partial charge >= 0.3 is 0 Å². The van der Waals surface area contributed by atoms with Crippen LogP contribution >= 0.6 is 0 Å². The van der Waals surface area contributed by atoms with E-state index in [0.717, 1.165) is 31.3 Å². The average molecular weight is 340 g/mol. The molecule has 134 valence electrons. The van der Waals surface area contributed by atoms with Crippen molar-refractivity contribution in [1.82, 2.24) is 0 Å². The van der Waals surface area contributed by atoms with Crippen LogP contribution in [0.4, 0.5) is 0 Å². The fraction of sp³-hybridized carbons (Fsp3) is 0.591. The Balaban J connectivity index is 1.79. The van der Waals surface area contributed by atoms with E-state index in [1.807, 2.05) is 6.08 Å². The highest BCUT2D eigenvalue weighted by Gasteiger charge is 2.56. The molecule has 0 amide bonds. The van der Waals surface area contributed by atoms with E-state index in [0.29, 0.717) is 17.8 Å². The standard InChI is InChI=1S/C22H28O3/c1-13-10-18-16-5-4-14-11-15(24)6-8-21(14,2)17(16)7-9-22(18,3)20(13)19(25)12-23/h6-8,11,13,16,18,23,25H,4-5,9-10,12H2,1-3H3/t13-,16-,18+,21+,22+/m1/s1. The molecule has 4 rings (SSSR count). The van der Waals surface area contributed by atoms with Crippen molar-refractivity contribution in [2.75, 3.05) is 6.61 Å². The second-order valence-electron chi connectivity index (χ2n) is 8.80. The van der Waals surface area contributed by atoms with Crippen LogP contribution in [0.15, 0.2) is 46.8 Å². The molecular formula is C22H28O3. The van der Waals surface area contributed by atoms with Crippen LogP contribution in [-0.2, 0) is 4.79 Å². The zero-order chi connectivity index (χ0) is 18.0. The summed E-state index contributed by atoms with van der Waals surface area (Å²) in [4.78, 5) is 11.8. The van der Waals surface area contributed by atoms with Gasteiger partial charge in [0, 0.05) is 5.41 Å². The highest BCUT2D eigenvalue weighted by atomic mass is 16.3. The molecular weight excluding hydrogens is 312 g/mol. The molecule has 0 aromatic rings. The number of rotatable bonds is 1. The van der Waals surface area contributed by atoms with Gasteiger partial charge in [-0.05, 0) is 73.5 Å². The van der Waals surface area contributed by atoms with Crippen molar-refractivity contribution in [2.45, 2.75) is 46.5 Å². The lowest BCUT2D eigenvalue weighted by Crippen LogP contribution is -2.42. The first-order chi connectivity index (χ1) is 11.8. The molecule has 0 heterocycles. The minimum Gasteiger partial charge on any atom is -0.510 e. The van der Waals surface area contributed by atoms with E-state index in [1.165, 1.54) is 11.1 Å². The van der Waals surface area contributed by atoms with E-state index in [1.54, 1.807) is 6.08 Å². The van der Waals surface area contributed by atoms with Crippen LogP contribution in [0.5, 0.6) is 0 Å². The van der Waals surface area contributed by atoms with Crippen molar-refractivity contribution < 1.29 is 15.0 Å². The molecule has 2 fully saturated rings. The second kappa shape index (κ2) is 5.44. The first-order valence-corrected chi connectivity index (χ1v) is 9.49. The van der Waals surface area contributed by atoms with Gasteiger partial charge in [0.15, 0.2) is 5.78 Å². The lowest BCUT2D eigenvalue weighted by atomic mass is 9.53. The molecule has 0 unspecified atom stereocenters. The summed E-state index contributed by atoms with van der Waals surface area (Å²) >= 11 is 0. The molecule has 0 saturated heterocycles. The van der Waals surface area contributed by atoms with Gasteiger partial charge in [0.2, 0.25) is 0 Å². The van der Waals surface area contributed by atoms with E-state index in [4.69, 9.17) is 0 Å². The Labute approximate surface area is 149 Å². The maximum atomic E-state index is 11.8. The van der Waals surface area contributed by atoms with Crippen LogP contribution < -0.4 is 0 Å². The highest BCUT2D eigenvalue weighted by Crippen LogP contribution is 2.65. The Morgan fingerprint density at radius 2 is 2.12 bits per heavy atom. The molecule has 0 aliphatic heterocycles. The van der Waals surface area contributed by atoms with Gasteiger partial charge in [0.1, 0.15) is 12.4 Å². The molecule has 0 bridgehead atoms. The number of carbonyl (C=O) groups excluding carboxylic acids is 1. The van der Waals surface area contributed by atoms with Gasteiger partial charge in [-0.1, -0.05) is 37.1 Å². The summed E-state index contributed by atoms with van der Waals surface area (Å²) in [5, 5.41) is 19.8. The van der Waals surface area contributed by atoms with Gasteiger partial charge in [-0.3, -0.25) is 4.79 Å². The number of allylic oxidation sites excluding steroid dienone is 7. The SMILES string of the molecule is C[C@@H]1C[C@H]2[C@@H]3CCC4=CC(=O)C=C[C@]4(C)C3=CC[C@]2(C)C1=C(O)CO. The second-order valence-corrected chi connectivity index (χ2v) is 8.80. The van der Waals surface area contributed by atoms with Crippen molar-refractivity contribution >= 4 is 5.78 Å². The lowest BCUT2D eigenvalue weighted by molar-refractivity contribution is -0.110. The summed E-state index contributed by atoms with van der Waals surface area (Å²) in [6.07, 6.45) is 12.1. The minimum absolute atomic E-state index is 0.0633. The molecule has 3 heteroatoms. The van der Waals surface area contributed by atoms with Crippen LogP contribution in [0.3, 0.4) is 0 Å². The zero-order valence-electron chi connectivity index (χ0n) is 15.4. The molecule has 2 saturated carbocycles. The van der Waals surface area contributed by atoms with Gasteiger partial charge in [0.05, 0.1) is 0 Å². The first kappa shape index (κ1) is 16.8. The maximum absolute atomic E-state index is 11.8. The summed E-state index contributed by atoms with van der Waals surface area (Å²) in [7, 11) is 0.